The van der Waals surface area contributed by atoms with Gasteiger partial charge in [-0.05, 0) is 29.3 Å². The lowest BCUT2D eigenvalue weighted by Crippen LogP contribution is -1.99. The van der Waals surface area contributed by atoms with Crippen LogP contribution in [0.4, 0.5) is 8.78 Å². The van der Waals surface area contributed by atoms with E-state index in [2.05, 4.69) is 0 Å². The van der Waals surface area contributed by atoms with Crippen molar-refractivity contribution in [3.63, 3.8) is 0 Å². The highest BCUT2D eigenvalue weighted by Gasteiger charge is 2.13. The Kier molecular flexibility index (Phi) is 3.00. The third kappa shape index (κ3) is 2.11. The van der Waals surface area contributed by atoms with Gasteiger partial charge in [0.1, 0.15) is 11.6 Å². The molecular weight excluding hydrogens is 206 g/mol. The quantitative estimate of drug-likeness (QED) is 0.711. The molecule has 16 heavy (non-hydrogen) atoms. The van der Waals surface area contributed by atoms with E-state index in [0.29, 0.717) is 5.56 Å². The molecule has 0 saturated carbocycles. The molecule has 0 N–H and O–H groups in total. The van der Waals surface area contributed by atoms with Crippen LogP contribution in [-0.4, -0.2) is 0 Å². The number of hydrogen-bond acceptors (Lipinski definition) is 0. The van der Waals surface area contributed by atoms with Crippen LogP contribution in [0.2, 0.25) is 0 Å². The highest BCUT2D eigenvalue weighted by molar-refractivity contribution is 5.32. The molecule has 0 aromatic heterocycles. The van der Waals surface area contributed by atoms with E-state index in [1.807, 2.05) is 37.3 Å². The number of halogens is 2. The van der Waals surface area contributed by atoms with Crippen molar-refractivity contribution in [2.24, 2.45) is 0 Å². The summed E-state index contributed by atoms with van der Waals surface area (Å²) in [6.45, 7) is 1.87. The molecule has 0 amide bonds. The Morgan fingerprint density at radius 3 is 2.31 bits per heavy atom. The van der Waals surface area contributed by atoms with Gasteiger partial charge in [-0.3, -0.25) is 0 Å². The zero-order valence-electron chi connectivity index (χ0n) is 8.95. The average Bonchev–Trinajstić information content (AvgIpc) is 2.32. The van der Waals surface area contributed by atoms with Crippen LogP contribution in [0.25, 0.3) is 0 Å². The Morgan fingerprint density at radius 1 is 0.938 bits per heavy atom. The Bertz CT molecular complexity index is 477. The average molecular weight is 218 g/mol. The lowest BCUT2D eigenvalue weighted by Gasteiger charge is -2.13. The maximum absolute atomic E-state index is 13.5. The van der Waals surface area contributed by atoms with Crippen LogP contribution in [-0.2, 0) is 0 Å². The Balaban J connectivity index is 2.41. The number of hydrogen-bond donors (Lipinski definition) is 0. The number of benzene rings is 2. The molecule has 0 spiro atoms. The Labute approximate surface area is 93.5 Å². The van der Waals surface area contributed by atoms with Crippen molar-refractivity contribution in [1.29, 1.82) is 0 Å². The summed E-state index contributed by atoms with van der Waals surface area (Å²) >= 11 is 0. The van der Waals surface area contributed by atoms with Gasteiger partial charge < -0.3 is 0 Å². The molecule has 2 aromatic carbocycles. The predicted octanol–water partition coefficient (Wildman–Crippen LogP) is 4.12. The summed E-state index contributed by atoms with van der Waals surface area (Å²) in [5.74, 6) is -0.908. The van der Waals surface area contributed by atoms with Crippen LogP contribution in [0.5, 0.6) is 0 Å². The van der Waals surface area contributed by atoms with E-state index in [1.54, 1.807) is 0 Å². The molecule has 1 unspecified atom stereocenters. The van der Waals surface area contributed by atoms with E-state index >= 15 is 0 Å². The van der Waals surface area contributed by atoms with Crippen molar-refractivity contribution in [3.8, 4) is 0 Å². The first-order valence-corrected chi connectivity index (χ1v) is 5.18. The zero-order valence-corrected chi connectivity index (χ0v) is 8.95. The van der Waals surface area contributed by atoms with Gasteiger partial charge in [0, 0.05) is 5.92 Å². The molecule has 0 fully saturated rings. The van der Waals surface area contributed by atoms with Crippen molar-refractivity contribution in [1.82, 2.24) is 0 Å². The van der Waals surface area contributed by atoms with Gasteiger partial charge in [0.2, 0.25) is 0 Å². The fraction of sp³-hybridized carbons (Fsp3) is 0.143. The normalized spacial score (nSPS) is 12.4. The summed E-state index contributed by atoms with van der Waals surface area (Å²) < 4.78 is 26.6. The smallest absolute Gasteiger partial charge is 0.127 e. The molecule has 0 radical (unpaired) electrons. The van der Waals surface area contributed by atoms with E-state index in [1.165, 1.54) is 12.1 Å². The summed E-state index contributed by atoms with van der Waals surface area (Å²) in [5.41, 5.74) is 1.37. The molecule has 0 aliphatic rings. The first-order valence-electron chi connectivity index (χ1n) is 5.18. The summed E-state index contributed by atoms with van der Waals surface area (Å²) in [7, 11) is 0. The van der Waals surface area contributed by atoms with E-state index in [-0.39, 0.29) is 11.7 Å². The molecule has 2 rings (SSSR count). The zero-order chi connectivity index (χ0) is 11.5. The number of rotatable bonds is 2. The van der Waals surface area contributed by atoms with Crippen molar-refractivity contribution in [2.45, 2.75) is 12.8 Å². The van der Waals surface area contributed by atoms with Gasteiger partial charge in [-0.15, -0.1) is 0 Å². The maximum atomic E-state index is 13.5. The molecule has 0 nitrogen and oxygen atoms in total. The molecule has 0 aliphatic heterocycles. The van der Waals surface area contributed by atoms with Crippen LogP contribution in [0.1, 0.15) is 24.0 Å². The second-order valence-electron chi connectivity index (χ2n) is 3.80. The maximum Gasteiger partial charge on any atom is 0.127 e. The summed E-state index contributed by atoms with van der Waals surface area (Å²) in [6.07, 6.45) is 0. The van der Waals surface area contributed by atoms with Crippen LogP contribution >= 0.6 is 0 Å². The molecule has 2 aromatic rings. The summed E-state index contributed by atoms with van der Waals surface area (Å²) in [6, 6.07) is 13.1. The van der Waals surface area contributed by atoms with Crippen molar-refractivity contribution < 1.29 is 8.78 Å². The summed E-state index contributed by atoms with van der Waals surface area (Å²) in [4.78, 5) is 0. The third-order valence-electron chi connectivity index (χ3n) is 2.72. The van der Waals surface area contributed by atoms with Gasteiger partial charge in [-0.25, -0.2) is 8.78 Å². The first kappa shape index (κ1) is 10.8. The topological polar surface area (TPSA) is 0 Å². The van der Waals surface area contributed by atoms with Gasteiger partial charge in [0.25, 0.3) is 0 Å². The van der Waals surface area contributed by atoms with E-state index in [0.717, 1.165) is 11.6 Å². The molecule has 0 heterocycles. The highest BCUT2D eigenvalue weighted by atomic mass is 19.1. The highest BCUT2D eigenvalue weighted by Crippen LogP contribution is 2.26. The Hall–Kier alpha value is -1.70. The second kappa shape index (κ2) is 4.44. The molecule has 2 heteroatoms. The van der Waals surface area contributed by atoms with Crippen molar-refractivity contribution >= 4 is 0 Å². The van der Waals surface area contributed by atoms with Crippen LogP contribution in [0.15, 0.2) is 48.5 Å². The van der Waals surface area contributed by atoms with Gasteiger partial charge >= 0.3 is 0 Å². The van der Waals surface area contributed by atoms with Crippen molar-refractivity contribution in [2.75, 3.05) is 0 Å². The minimum absolute atomic E-state index is 0.142. The first-order chi connectivity index (χ1) is 7.68. The van der Waals surface area contributed by atoms with E-state index in [4.69, 9.17) is 0 Å². The minimum atomic E-state index is -0.404. The van der Waals surface area contributed by atoms with Gasteiger partial charge in [-0.1, -0.05) is 37.3 Å². The fourth-order valence-corrected chi connectivity index (χ4v) is 1.77. The standard InChI is InChI=1S/C14H12F2/c1-10(11-5-3-2-4-6-11)13-9-12(15)7-8-14(13)16/h2-10H,1H3. The van der Waals surface area contributed by atoms with Gasteiger partial charge in [-0.2, -0.15) is 0 Å². The molecule has 1 atom stereocenters. The fourth-order valence-electron chi connectivity index (χ4n) is 1.77. The minimum Gasteiger partial charge on any atom is -0.207 e. The summed E-state index contributed by atoms with van der Waals surface area (Å²) in [5, 5.41) is 0. The lowest BCUT2D eigenvalue weighted by atomic mass is 9.93. The second-order valence-corrected chi connectivity index (χ2v) is 3.80. The largest absolute Gasteiger partial charge is 0.207 e. The van der Waals surface area contributed by atoms with Gasteiger partial charge in [0.05, 0.1) is 0 Å². The van der Waals surface area contributed by atoms with E-state index < -0.39 is 5.82 Å². The van der Waals surface area contributed by atoms with Crippen LogP contribution in [0.3, 0.4) is 0 Å². The predicted molar refractivity (Wildman–Crippen MR) is 60.3 cm³/mol. The molecular formula is C14H12F2. The van der Waals surface area contributed by atoms with Gasteiger partial charge in [0.15, 0.2) is 0 Å². The lowest BCUT2D eigenvalue weighted by molar-refractivity contribution is 0.579. The molecule has 0 aliphatic carbocycles. The van der Waals surface area contributed by atoms with E-state index in [9.17, 15) is 8.78 Å². The monoisotopic (exact) mass is 218 g/mol. The third-order valence-corrected chi connectivity index (χ3v) is 2.72. The van der Waals surface area contributed by atoms with Crippen LogP contribution < -0.4 is 0 Å². The SMILES string of the molecule is CC(c1ccccc1)c1cc(F)ccc1F. The Morgan fingerprint density at radius 2 is 1.62 bits per heavy atom. The molecule has 0 saturated heterocycles. The van der Waals surface area contributed by atoms with Crippen LogP contribution in [0, 0.1) is 11.6 Å². The van der Waals surface area contributed by atoms with Crippen molar-refractivity contribution in [3.05, 3.63) is 71.3 Å². The molecule has 0 bridgehead atoms. The molecule has 82 valence electrons.